The van der Waals surface area contributed by atoms with E-state index in [0.29, 0.717) is 54.8 Å². The quantitative estimate of drug-likeness (QED) is 0.309. The van der Waals surface area contributed by atoms with Gasteiger partial charge in [-0.25, -0.2) is 9.97 Å². The molecule has 8 nitrogen and oxygen atoms in total. The summed E-state index contributed by atoms with van der Waals surface area (Å²) in [6.07, 6.45) is 16.9. The third kappa shape index (κ3) is 8.78. The van der Waals surface area contributed by atoms with Crippen LogP contribution < -0.4 is 0 Å². The summed E-state index contributed by atoms with van der Waals surface area (Å²) in [6.45, 7) is 8.23. The van der Waals surface area contributed by atoms with Crippen LogP contribution in [0.5, 0.6) is 0 Å². The predicted octanol–water partition coefficient (Wildman–Crippen LogP) is 6.35. The molecule has 5 atom stereocenters. The second kappa shape index (κ2) is 13.9. The van der Waals surface area contributed by atoms with Crippen molar-refractivity contribution in [1.29, 1.82) is 0 Å². The molecule has 204 valence electrons. The van der Waals surface area contributed by atoms with Gasteiger partial charge >= 0.3 is 0 Å². The maximum Gasteiger partial charge on any atom is 0.248 e. The van der Waals surface area contributed by atoms with Crippen LogP contribution in [0.15, 0.2) is 57.3 Å². The van der Waals surface area contributed by atoms with Gasteiger partial charge in [0.25, 0.3) is 0 Å². The molecular weight excluding hydrogens is 472 g/mol. The summed E-state index contributed by atoms with van der Waals surface area (Å²) in [5, 5.41) is 10.3. The lowest BCUT2D eigenvalue weighted by Gasteiger charge is -2.40. The fraction of sp³-hybridized carbons (Fsp3) is 0.586. The first-order valence-electron chi connectivity index (χ1n) is 13.0. The molecule has 8 heteroatoms. The van der Waals surface area contributed by atoms with E-state index in [9.17, 15) is 5.11 Å². The summed E-state index contributed by atoms with van der Waals surface area (Å²) < 4.78 is 28.5. The van der Waals surface area contributed by atoms with Gasteiger partial charge in [-0.1, -0.05) is 42.9 Å². The topological polar surface area (TPSA) is 100.0 Å². The van der Waals surface area contributed by atoms with Gasteiger partial charge < -0.3 is 28.2 Å². The summed E-state index contributed by atoms with van der Waals surface area (Å²) >= 11 is 0. The van der Waals surface area contributed by atoms with Crippen LogP contribution in [0, 0.1) is 5.92 Å². The predicted molar refractivity (Wildman–Crippen MR) is 142 cm³/mol. The number of aromatic nitrogens is 2. The van der Waals surface area contributed by atoms with Crippen LogP contribution in [-0.4, -0.2) is 47.3 Å². The molecule has 1 aliphatic heterocycles. The van der Waals surface area contributed by atoms with E-state index in [1.54, 1.807) is 26.7 Å². The number of nitrogens with zero attached hydrogens (tertiary/aromatic N) is 2. The molecule has 2 aromatic heterocycles. The van der Waals surface area contributed by atoms with E-state index in [0.717, 1.165) is 12.8 Å². The van der Waals surface area contributed by atoms with E-state index < -0.39 is 11.9 Å². The molecular formula is C29H42N2O6. The van der Waals surface area contributed by atoms with Crippen LogP contribution in [-0.2, 0) is 20.6 Å². The molecule has 0 amide bonds. The van der Waals surface area contributed by atoms with Crippen LogP contribution in [0.25, 0.3) is 11.6 Å². The molecule has 1 saturated heterocycles. The normalized spacial score (nSPS) is 24.8. The fourth-order valence-corrected chi connectivity index (χ4v) is 4.66. The number of hydrogen-bond acceptors (Lipinski definition) is 8. The number of allylic oxidation sites excluding steroid dienone is 6. The van der Waals surface area contributed by atoms with Crippen molar-refractivity contribution in [3.63, 3.8) is 0 Å². The molecule has 0 bridgehead atoms. The van der Waals surface area contributed by atoms with Gasteiger partial charge in [-0.3, -0.25) is 0 Å². The van der Waals surface area contributed by atoms with Crippen molar-refractivity contribution < 1.29 is 28.2 Å². The van der Waals surface area contributed by atoms with Gasteiger partial charge in [0.05, 0.1) is 12.2 Å². The Labute approximate surface area is 220 Å². The first-order chi connectivity index (χ1) is 17.7. The monoisotopic (exact) mass is 514 g/mol. The number of rotatable bonds is 13. The molecule has 1 fully saturated rings. The fourth-order valence-electron chi connectivity index (χ4n) is 4.66. The molecule has 0 aliphatic carbocycles. The minimum Gasteiger partial charge on any atom is -0.448 e. The van der Waals surface area contributed by atoms with Crippen molar-refractivity contribution in [1.82, 2.24) is 9.97 Å². The lowest BCUT2D eigenvalue weighted by Crippen LogP contribution is -2.45. The molecule has 0 unspecified atom stereocenters. The molecule has 1 N–H and O–H groups in total. The van der Waals surface area contributed by atoms with Crippen LogP contribution in [0.2, 0.25) is 0 Å². The van der Waals surface area contributed by atoms with Gasteiger partial charge in [0.15, 0.2) is 17.4 Å². The Balaban J connectivity index is 1.53. The number of methoxy groups -OCH3 is 2. The van der Waals surface area contributed by atoms with Crippen LogP contribution in [0.4, 0.5) is 0 Å². The molecule has 1 aliphatic rings. The van der Waals surface area contributed by atoms with E-state index in [4.69, 9.17) is 23.0 Å². The summed E-state index contributed by atoms with van der Waals surface area (Å²) in [5.74, 6) is 0.659. The van der Waals surface area contributed by atoms with E-state index in [-0.39, 0.29) is 12.2 Å². The van der Waals surface area contributed by atoms with Crippen LogP contribution in [0.3, 0.4) is 0 Å². The molecule has 0 spiro atoms. The highest BCUT2D eigenvalue weighted by Crippen LogP contribution is 2.35. The first-order valence-corrected chi connectivity index (χ1v) is 13.0. The van der Waals surface area contributed by atoms with Gasteiger partial charge in [0.1, 0.15) is 24.3 Å². The number of oxazole rings is 2. The van der Waals surface area contributed by atoms with Gasteiger partial charge in [0, 0.05) is 33.5 Å². The van der Waals surface area contributed by atoms with Crippen molar-refractivity contribution in [2.75, 3.05) is 14.2 Å². The molecule has 0 aromatic carbocycles. The molecule has 3 heterocycles. The highest BCUT2D eigenvalue weighted by molar-refractivity contribution is 5.44. The third-order valence-corrected chi connectivity index (χ3v) is 6.55. The Morgan fingerprint density at radius 1 is 1.24 bits per heavy atom. The highest BCUT2D eigenvalue weighted by atomic mass is 16.7. The van der Waals surface area contributed by atoms with Gasteiger partial charge in [-0.15, -0.1) is 0 Å². The zero-order valence-electron chi connectivity index (χ0n) is 23.0. The van der Waals surface area contributed by atoms with Gasteiger partial charge in [-0.2, -0.15) is 0 Å². The second-order valence-electron chi connectivity index (χ2n) is 9.95. The lowest BCUT2D eigenvalue weighted by atomic mass is 9.95. The SMILES string of the molecule is CC=C[C@H](C)C=C(C)CC=CCCc1nc(-c2nc([C@@H](C[C@@H]3C[C@H](O)C[C@@](C)(OC)O3)OC)co2)co1. The maximum atomic E-state index is 10.3. The van der Waals surface area contributed by atoms with Crippen molar-refractivity contribution >= 4 is 0 Å². The summed E-state index contributed by atoms with van der Waals surface area (Å²) in [5.41, 5.74) is 2.54. The van der Waals surface area contributed by atoms with Gasteiger partial charge in [-0.05, 0) is 46.0 Å². The molecule has 0 radical (unpaired) electrons. The molecule has 3 rings (SSSR count). The summed E-state index contributed by atoms with van der Waals surface area (Å²) in [6, 6.07) is 0. The average Bonchev–Trinajstić information content (AvgIpc) is 3.52. The van der Waals surface area contributed by atoms with Gasteiger partial charge in [0.2, 0.25) is 5.89 Å². The van der Waals surface area contributed by atoms with E-state index in [1.807, 2.05) is 13.8 Å². The number of hydrogen-bond donors (Lipinski definition) is 1. The van der Waals surface area contributed by atoms with Crippen molar-refractivity contribution in [2.24, 2.45) is 5.92 Å². The first kappa shape index (κ1) is 29.0. The largest absolute Gasteiger partial charge is 0.448 e. The number of aliphatic hydroxyl groups is 1. The van der Waals surface area contributed by atoms with E-state index in [2.05, 4.69) is 54.2 Å². The molecule has 37 heavy (non-hydrogen) atoms. The minimum absolute atomic E-state index is 0.235. The van der Waals surface area contributed by atoms with Crippen LogP contribution >= 0.6 is 0 Å². The zero-order valence-corrected chi connectivity index (χ0v) is 23.0. The smallest absolute Gasteiger partial charge is 0.248 e. The Hall–Kier alpha value is -2.52. The summed E-state index contributed by atoms with van der Waals surface area (Å²) in [4.78, 5) is 9.12. The van der Waals surface area contributed by atoms with E-state index in [1.165, 1.54) is 5.57 Å². The van der Waals surface area contributed by atoms with Crippen LogP contribution in [0.1, 0.15) is 77.5 Å². The minimum atomic E-state index is -0.817. The highest BCUT2D eigenvalue weighted by Gasteiger charge is 2.39. The second-order valence-corrected chi connectivity index (χ2v) is 9.95. The standard InChI is InChI=1S/C29H42N2O6/c1-7-11-20(2)14-21(3)12-9-8-10-13-27-30-25(19-35-27)28-31-24(18-36-28)26(33-5)16-23-15-22(32)17-29(4,34-6)37-23/h7-9,11,14,18-20,22-23,26,32H,10,12-13,15-17H2,1-6H3/t20-,22-,23-,26+,29-/m0/s1. The Morgan fingerprint density at radius 3 is 2.78 bits per heavy atom. The molecule has 0 saturated carbocycles. The number of aryl methyl sites for hydroxylation is 1. The summed E-state index contributed by atoms with van der Waals surface area (Å²) in [7, 11) is 3.21. The van der Waals surface area contributed by atoms with E-state index >= 15 is 0 Å². The Kier molecular flexibility index (Phi) is 10.9. The van der Waals surface area contributed by atoms with Crippen molar-refractivity contribution in [3.05, 3.63) is 60.1 Å². The lowest BCUT2D eigenvalue weighted by molar-refractivity contribution is -0.278. The average molecular weight is 515 g/mol. The third-order valence-electron chi connectivity index (χ3n) is 6.55. The number of ether oxygens (including phenoxy) is 3. The molecule has 2 aromatic rings. The Morgan fingerprint density at radius 2 is 2.05 bits per heavy atom. The van der Waals surface area contributed by atoms with Crippen molar-refractivity contribution in [3.8, 4) is 11.6 Å². The Bertz CT molecular complexity index is 1050. The zero-order chi connectivity index (χ0) is 26.8. The number of aliphatic hydroxyl groups excluding tert-OH is 1. The maximum absolute atomic E-state index is 10.3. The van der Waals surface area contributed by atoms with Crippen molar-refractivity contribution in [2.45, 2.75) is 90.3 Å².